The van der Waals surface area contributed by atoms with Gasteiger partial charge in [0.15, 0.2) is 0 Å². The Hall–Kier alpha value is -0.390. The second-order valence-corrected chi connectivity index (χ2v) is 5.86. The van der Waals surface area contributed by atoms with E-state index >= 15 is 0 Å². The van der Waals surface area contributed by atoms with Crippen LogP contribution in [0.1, 0.15) is 32.2 Å². The molecule has 0 bridgehead atoms. The van der Waals surface area contributed by atoms with Gasteiger partial charge < -0.3 is 4.74 Å². The van der Waals surface area contributed by atoms with Gasteiger partial charge in [0.2, 0.25) is 0 Å². The molecule has 0 aromatic carbocycles. The third kappa shape index (κ3) is 3.80. The number of morpholine rings is 1. The zero-order valence-corrected chi connectivity index (χ0v) is 13.7. The third-order valence-electron chi connectivity index (χ3n) is 3.54. The SMILES string of the molecule is CCc1cc(CN2CC(C)OC(CBr)C2)n(CC)n1. The minimum absolute atomic E-state index is 0.299. The van der Waals surface area contributed by atoms with Crippen molar-refractivity contribution >= 4 is 15.9 Å². The van der Waals surface area contributed by atoms with Crippen LogP contribution in [0.2, 0.25) is 0 Å². The van der Waals surface area contributed by atoms with Crippen molar-refractivity contribution in [2.75, 3.05) is 18.4 Å². The van der Waals surface area contributed by atoms with Crippen LogP contribution in [0.3, 0.4) is 0 Å². The van der Waals surface area contributed by atoms with Crippen LogP contribution >= 0.6 is 15.9 Å². The minimum atomic E-state index is 0.299. The lowest BCUT2D eigenvalue weighted by Gasteiger charge is -2.36. The van der Waals surface area contributed by atoms with Crippen molar-refractivity contribution in [3.63, 3.8) is 0 Å². The summed E-state index contributed by atoms with van der Waals surface area (Å²) >= 11 is 3.53. The summed E-state index contributed by atoms with van der Waals surface area (Å²) in [6.07, 6.45) is 1.61. The molecule has 1 aromatic heterocycles. The zero-order chi connectivity index (χ0) is 13.8. The maximum atomic E-state index is 5.88. The maximum absolute atomic E-state index is 5.88. The summed E-state index contributed by atoms with van der Waals surface area (Å²) in [6.45, 7) is 10.4. The van der Waals surface area contributed by atoms with Crippen LogP contribution < -0.4 is 0 Å². The first-order chi connectivity index (χ1) is 9.16. The average molecular weight is 330 g/mol. The molecule has 19 heavy (non-hydrogen) atoms. The first-order valence-corrected chi connectivity index (χ1v) is 8.27. The van der Waals surface area contributed by atoms with Crippen molar-refractivity contribution in [1.29, 1.82) is 0 Å². The zero-order valence-electron chi connectivity index (χ0n) is 12.1. The van der Waals surface area contributed by atoms with Crippen LogP contribution in [0.25, 0.3) is 0 Å². The van der Waals surface area contributed by atoms with Crippen LogP contribution in [0, 0.1) is 0 Å². The Morgan fingerprint density at radius 2 is 2.21 bits per heavy atom. The molecule has 0 radical (unpaired) electrons. The molecule has 5 heteroatoms. The Balaban J connectivity index is 2.05. The van der Waals surface area contributed by atoms with Gasteiger partial charge in [-0.25, -0.2) is 0 Å². The van der Waals surface area contributed by atoms with E-state index in [2.05, 4.69) is 57.4 Å². The van der Waals surface area contributed by atoms with E-state index in [0.717, 1.165) is 37.9 Å². The minimum Gasteiger partial charge on any atom is -0.372 e. The number of alkyl halides is 1. The molecule has 1 aromatic rings. The highest BCUT2D eigenvalue weighted by atomic mass is 79.9. The van der Waals surface area contributed by atoms with Crippen LogP contribution in [-0.2, 0) is 24.2 Å². The quantitative estimate of drug-likeness (QED) is 0.777. The van der Waals surface area contributed by atoms with Gasteiger partial charge in [0.1, 0.15) is 0 Å². The highest BCUT2D eigenvalue weighted by Gasteiger charge is 2.25. The summed E-state index contributed by atoms with van der Waals surface area (Å²) in [5.74, 6) is 0. The number of ether oxygens (including phenoxy) is 1. The van der Waals surface area contributed by atoms with Crippen molar-refractivity contribution in [3.8, 4) is 0 Å². The molecular formula is C14H24BrN3O. The van der Waals surface area contributed by atoms with Gasteiger partial charge in [0.05, 0.1) is 23.6 Å². The molecule has 0 aliphatic carbocycles. The third-order valence-corrected chi connectivity index (χ3v) is 4.26. The fraction of sp³-hybridized carbons (Fsp3) is 0.786. The van der Waals surface area contributed by atoms with E-state index < -0.39 is 0 Å². The van der Waals surface area contributed by atoms with Crippen molar-refractivity contribution in [2.45, 2.75) is 52.5 Å². The van der Waals surface area contributed by atoms with Gasteiger partial charge in [-0.15, -0.1) is 0 Å². The van der Waals surface area contributed by atoms with Crippen molar-refractivity contribution in [3.05, 3.63) is 17.5 Å². The van der Waals surface area contributed by atoms with Gasteiger partial charge >= 0.3 is 0 Å². The first kappa shape index (κ1) is 15.0. The smallest absolute Gasteiger partial charge is 0.0802 e. The van der Waals surface area contributed by atoms with E-state index in [4.69, 9.17) is 4.74 Å². The summed E-state index contributed by atoms with van der Waals surface area (Å²) in [5.41, 5.74) is 2.51. The Morgan fingerprint density at radius 3 is 2.84 bits per heavy atom. The lowest BCUT2D eigenvalue weighted by Crippen LogP contribution is -2.46. The largest absolute Gasteiger partial charge is 0.372 e. The molecule has 2 unspecified atom stereocenters. The topological polar surface area (TPSA) is 30.3 Å². The van der Waals surface area contributed by atoms with Gasteiger partial charge in [-0.2, -0.15) is 5.10 Å². The summed E-state index contributed by atoms with van der Waals surface area (Å²) in [7, 11) is 0. The van der Waals surface area contributed by atoms with Gasteiger partial charge in [0.25, 0.3) is 0 Å². The Bertz CT molecular complexity index is 407. The average Bonchev–Trinajstić information content (AvgIpc) is 2.80. The van der Waals surface area contributed by atoms with E-state index in [1.54, 1.807) is 0 Å². The molecule has 2 heterocycles. The fourth-order valence-corrected chi connectivity index (χ4v) is 3.03. The van der Waals surface area contributed by atoms with Crippen LogP contribution in [0.4, 0.5) is 0 Å². The molecule has 1 fully saturated rings. The molecule has 2 rings (SSSR count). The molecule has 2 atom stereocenters. The molecule has 108 valence electrons. The molecule has 4 nitrogen and oxygen atoms in total. The Morgan fingerprint density at radius 1 is 1.42 bits per heavy atom. The number of rotatable bonds is 5. The summed E-state index contributed by atoms with van der Waals surface area (Å²) in [5, 5.41) is 5.52. The monoisotopic (exact) mass is 329 g/mol. The number of nitrogens with zero attached hydrogens (tertiary/aromatic N) is 3. The van der Waals surface area contributed by atoms with Gasteiger partial charge in [-0.05, 0) is 26.3 Å². The highest BCUT2D eigenvalue weighted by molar-refractivity contribution is 9.09. The second kappa shape index (κ2) is 6.86. The van der Waals surface area contributed by atoms with Crippen molar-refractivity contribution < 1.29 is 4.74 Å². The number of aromatic nitrogens is 2. The lowest BCUT2D eigenvalue weighted by molar-refractivity contribution is -0.0683. The van der Waals surface area contributed by atoms with E-state index in [0.29, 0.717) is 12.2 Å². The molecule has 1 aliphatic heterocycles. The summed E-state index contributed by atoms with van der Waals surface area (Å²) in [4.78, 5) is 2.47. The van der Waals surface area contributed by atoms with Crippen molar-refractivity contribution in [1.82, 2.24) is 14.7 Å². The predicted molar refractivity (Wildman–Crippen MR) is 80.7 cm³/mol. The lowest BCUT2D eigenvalue weighted by atomic mass is 10.2. The maximum Gasteiger partial charge on any atom is 0.0802 e. The number of halogens is 1. The van der Waals surface area contributed by atoms with Crippen LogP contribution in [-0.4, -0.2) is 45.3 Å². The highest BCUT2D eigenvalue weighted by Crippen LogP contribution is 2.16. The molecule has 0 amide bonds. The Kier molecular flexibility index (Phi) is 5.42. The van der Waals surface area contributed by atoms with Crippen LogP contribution in [0.5, 0.6) is 0 Å². The van der Waals surface area contributed by atoms with Gasteiger partial charge in [-0.1, -0.05) is 22.9 Å². The molecule has 0 spiro atoms. The number of hydrogen-bond acceptors (Lipinski definition) is 3. The normalized spacial score (nSPS) is 24.8. The molecule has 0 N–H and O–H groups in total. The summed E-state index contributed by atoms with van der Waals surface area (Å²) in [6, 6.07) is 2.24. The van der Waals surface area contributed by atoms with E-state index in [1.165, 1.54) is 11.4 Å². The Labute approximate surface area is 124 Å². The molecule has 1 aliphatic rings. The standard InChI is InChI=1S/C14H24BrN3O/c1-4-12-6-13(18(5-2)16-12)9-17-8-11(3)19-14(7-15)10-17/h6,11,14H,4-5,7-10H2,1-3H3. The predicted octanol–water partition coefficient (Wildman–Crippen LogP) is 2.45. The molecule has 1 saturated heterocycles. The van der Waals surface area contributed by atoms with E-state index in [1.807, 2.05) is 0 Å². The summed E-state index contributed by atoms with van der Waals surface area (Å²) < 4.78 is 8.00. The van der Waals surface area contributed by atoms with Gasteiger partial charge in [-0.3, -0.25) is 9.58 Å². The number of aryl methyl sites for hydroxylation is 2. The van der Waals surface area contributed by atoms with E-state index in [-0.39, 0.29) is 0 Å². The van der Waals surface area contributed by atoms with Gasteiger partial charge in [0, 0.05) is 31.5 Å². The van der Waals surface area contributed by atoms with E-state index in [9.17, 15) is 0 Å². The number of hydrogen-bond donors (Lipinski definition) is 0. The molecule has 0 saturated carbocycles. The molecular weight excluding hydrogens is 306 g/mol. The first-order valence-electron chi connectivity index (χ1n) is 7.15. The van der Waals surface area contributed by atoms with Crippen LogP contribution in [0.15, 0.2) is 6.07 Å². The second-order valence-electron chi connectivity index (χ2n) is 5.21. The van der Waals surface area contributed by atoms with Crippen molar-refractivity contribution in [2.24, 2.45) is 0 Å². The fourth-order valence-electron chi connectivity index (χ4n) is 2.67.